The molecule has 0 amide bonds. The molecule has 0 radical (unpaired) electrons. The highest BCUT2D eigenvalue weighted by Gasteiger charge is 2.30. The van der Waals surface area contributed by atoms with E-state index < -0.39 is 0 Å². The molecule has 1 aliphatic heterocycles. The molecule has 2 aromatic rings. The summed E-state index contributed by atoms with van der Waals surface area (Å²) in [7, 11) is 0. The van der Waals surface area contributed by atoms with Gasteiger partial charge in [-0.15, -0.1) is 11.8 Å². The number of nitrogens with one attached hydrogen (secondary N) is 2. The molecule has 120 valence electrons. The number of hydrogen-bond acceptors (Lipinski definition) is 4. The van der Waals surface area contributed by atoms with Gasteiger partial charge < -0.3 is 5.32 Å². The number of hydrogen-bond donors (Lipinski definition) is 2. The Labute approximate surface area is 144 Å². The van der Waals surface area contributed by atoms with Crippen molar-refractivity contribution in [3.8, 4) is 0 Å². The van der Waals surface area contributed by atoms with Crippen LogP contribution in [-0.2, 0) is 6.42 Å². The normalized spacial score (nSPS) is 18.0. The lowest BCUT2D eigenvalue weighted by Crippen LogP contribution is -2.44. The average Bonchev–Trinajstić information content (AvgIpc) is 3.27. The van der Waals surface area contributed by atoms with Crippen LogP contribution < -0.4 is 5.32 Å². The number of thioether (sulfide) groups is 1. The maximum atomic E-state index is 12.4. The van der Waals surface area contributed by atoms with Crippen molar-refractivity contribution in [2.24, 2.45) is 0 Å². The Hall–Kier alpha value is -1.30. The number of ketones is 1. The van der Waals surface area contributed by atoms with Crippen LogP contribution in [0.5, 0.6) is 0 Å². The average molecular weight is 348 g/mol. The van der Waals surface area contributed by atoms with Crippen LogP contribution in [0.3, 0.4) is 0 Å². The molecular weight excluding hydrogens is 330 g/mol. The highest BCUT2D eigenvalue weighted by atomic mass is 35.5. The largest absolute Gasteiger partial charge is 0.314 e. The third kappa shape index (κ3) is 3.32. The summed E-state index contributed by atoms with van der Waals surface area (Å²) >= 11 is 8.19. The third-order valence-electron chi connectivity index (χ3n) is 4.32. The van der Waals surface area contributed by atoms with Gasteiger partial charge in [0.25, 0.3) is 0 Å². The molecule has 23 heavy (non-hydrogen) atoms. The van der Waals surface area contributed by atoms with E-state index in [1.807, 2.05) is 23.9 Å². The number of H-pyrrole nitrogens is 1. The molecule has 1 aromatic heterocycles. The fourth-order valence-corrected chi connectivity index (χ4v) is 4.09. The van der Waals surface area contributed by atoms with Crippen molar-refractivity contribution in [2.45, 2.75) is 35.3 Å². The van der Waals surface area contributed by atoms with Crippen LogP contribution in [0.25, 0.3) is 0 Å². The highest BCUT2D eigenvalue weighted by molar-refractivity contribution is 8.00. The van der Waals surface area contributed by atoms with Crippen molar-refractivity contribution in [3.63, 3.8) is 0 Å². The number of rotatable bonds is 6. The molecule has 1 saturated carbocycles. The van der Waals surface area contributed by atoms with Gasteiger partial charge in [-0.2, -0.15) is 5.10 Å². The second-order valence-corrected chi connectivity index (χ2v) is 7.97. The molecule has 1 aromatic carbocycles. The van der Waals surface area contributed by atoms with Gasteiger partial charge in [0, 0.05) is 35.6 Å². The van der Waals surface area contributed by atoms with Crippen LogP contribution in [0.15, 0.2) is 29.2 Å². The van der Waals surface area contributed by atoms with Gasteiger partial charge in [0.1, 0.15) is 5.69 Å². The number of carbonyl (C=O) groups is 1. The fourth-order valence-electron chi connectivity index (χ4n) is 2.66. The van der Waals surface area contributed by atoms with Gasteiger partial charge in [-0.3, -0.25) is 9.89 Å². The monoisotopic (exact) mass is 347 g/mol. The van der Waals surface area contributed by atoms with Crippen LogP contribution in [-0.4, -0.2) is 34.3 Å². The summed E-state index contributed by atoms with van der Waals surface area (Å²) in [5.41, 5.74) is 2.31. The number of Topliss-reactive ketones (excluding diaryl/α,β-unsaturated/α-hetero) is 1. The quantitative estimate of drug-likeness (QED) is 0.786. The summed E-state index contributed by atoms with van der Waals surface area (Å²) in [6.07, 6.45) is 2.60. The predicted octanol–water partition coefficient (Wildman–Crippen LogP) is 3.43. The Kier molecular flexibility index (Phi) is 4.18. The Balaban J connectivity index is 1.41. The lowest BCUT2D eigenvalue weighted by molar-refractivity contribution is 0.0988. The van der Waals surface area contributed by atoms with E-state index in [0.29, 0.717) is 28.3 Å². The molecule has 0 spiro atoms. The Morgan fingerprint density at radius 1 is 1.26 bits per heavy atom. The number of carbonyl (C=O) groups excluding carboxylic acids is 1. The summed E-state index contributed by atoms with van der Waals surface area (Å²) < 4.78 is 0. The maximum Gasteiger partial charge on any atom is 0.188 e. The van der Waals surface area contributed by atoms with E-state index in [2.05, 4.69) is 27.6 Å². The van der Waals surface area contributed by atoms with Gasteiger partial charge in [-0.25, -0.2) is 0 Å². The van der Waals surface area contributed by atoms with Crippen molar-refractivity contribution < 1.29 is 4.79 Å². The first kappa shape index (κ1) is 15.2. The van der Waals surface area contributed by atoms with Gasteiger partial charge in [0.15, 0.2) is 5.78 Å². The smallest absolute Gasteiger partial charge is 0.188 e. The van der Waals surface area contributed by atoms with Crippen molar-refractivity contribution in [1.29, 1.82) is 0 Å². The van der Waals surface area contributed by atoms with E-state index in [4.69, 9.17) is 11.6 Å². The molecule has 2 fully saturated rings. The Morgan fingerprint density at radius 2 is 2.00 bits per heavy atom. The molecule has 1 saturated heterocycles. The number of halogens is 1. The summed E-state index contributed by atoms with van der Waals surface area (Å²) in [4.78, 5) is 13.7. The lowest BCUT2D eigenvalue weighted by atomic mass is 10.1. The van der Waals surface area contributed by atoms with Crippen LogP contribution in [0, 0.1) is 0 Å². The van der Waals surface area contributed by atoms with Gasteiger partial charge in [0.2, 0.25) is 0 Å². The predicted molar refractivity (Wildman–Crippen MR) is 92.6 cm³/mol. The standard InChI is InChI=1S/C17H18ClN3OS/c18-15-16(11-3-4-11)20-21-17(15)14(22)7-10-1-5-12(6-2-10)23-13-8-19-9-13/h1-2,5-6,11,13,19H,3-4,7-9H2,(H,20,21). The zero-order chi connectivity index (χ0) is 15.8. The first-order chi connectivity index (χ1) is 11.2. The molecular formula is C17H18ClN3OS. The number of nitrogens with zero attached hydrogens (tertiary/aromatic N) is 1. The van der Waals surface area contributed by atoms with Crippen LogP contribution in [0.1, 0.15) is 40.5 Å². The summed E-state index contributed by atoms with van der Waals surface area (Å²) in [6, 6.07) is 8.23. The Bertz CT molecular complexity index is 720. The molecule has 2 aliphatic rings. The van der Waals surface area contributed by atoms with Gasteiger partial charge >= 0.3 is 0 Å². The Morgan fingerprint density at radius 3 is 2.61 bits per heavy atom. The maximum absolute atomic E-state index is 12.4. The molecule has 6 heteroatoms. The van der Waals surface area contributed by atoms with Crippen LogP contribution in [0.2, 0.25) is 5.02 Å². The summed E-state index contributed by atoms with van der Waals surface area (Å²) in [5, 5.41) is 11.5. The van der Waals surface area contributed by atoms with Crippen molar-refractivity contribution >= 4 is 29.1 Å². The zero-order valence-corrected chi connectivity index (χ0v) is 14.2. The number of aromatic amines is 1. The summed E-state index contributed by atoms with van der Waals surface area (Å²) in [6.45, 7) is 2.15. The molecule has 1 aliphatic carbocycles. The first-order valence-corrected chi connectivity index (χ1v) is 9.20. The first-order valence-electron chi connectivity index (χ1n) is 7.94. The third-order valence-corrected chi connectivity index (χ3v) is 5.91. The van der Waals surface area contributed by atoms with E-state index in [-0.39, 0.29) is 5.78 Å². The summed E-state index contributed by atoms with van der Waals surface area (Å²) in [5.74, 6) is 0.440. The zero-order valence-electron chi connectivity index (χ0n) is 12.6. The molecule has 0 unspecified atom stereocenters. The van der Waals surface area contributed by atoms with Crippen molar-refractivity contribution in [2.75, 3.05) is 13.1 Å². The fraction of sp³-hybridized carbons (Fsp3) is 0.412. The van der Waals surface area contributed by atoms with Crippen molar-refractivity contribution in [1.82, 2.24) is 15.5 Å². The minimum atomic E-state index is -0.0262. The van der Waals surface area contributed by atoms with Gasteiger partial charge in [0.05, 0.1) is 10.7 Å². The number of benzene rings is 1. The number of aromatic nitrogens is 2. The second kappa shape index (κ2) is 6.30. The highest BCUT2D eigenvalue weighted by Crippen LogP contribution is 2.42. The van der Waals surface area contributed by atoms with E-state index in [9.17, 15) is 4.79 Å². The van der Waals surface area contributed by atoms with E-state index in [1.165, 1.54) is 4.90 Å². The molecule has 2 N–H and O–H groups in total. The van der Waals surface area contributed by atoms with Gasteiger partial charge in [-0.05, 0) is 30.5 Å². The minimum Gasteiger partial charge on any atom is -0.314 e. The van der Waals surface area contributed by atoms with Crippen molar-refractivity contribution in [3.05, 3.63) is 46.2 Å². The molecule has 0 bridgehead atoms. The van der Waals surface area contributed by atoms with Gasteiger partial charge in [-0.1, -0.05) is 23.7 Å². The molecule has 0 atom stereocenters. The second-order valence-electron chi connectivity index (χ2n) is 6.22. The molecule has 4 rings (SSSR count). The van der Waals surface area contributed by atoms with E-state index in [1.54, 1.807) is 0 Å². The SMILES string of the molecule is O=C(Cc1ccc(SC2CNC2)cc1)c1n[nH]c(C2CC2)c1Cl. The van der Waals surface area contributed by atoms with Crippen LogP contribution in [0.4, 0.5) is 0 Å². The minimum absolute atomic E-state index is 0.0262. The molecule has 4 nitrogen and oxygen atoms in total. The lowest BCUT2D eigenvalue weighted by Gasteiger charge is -2.26. The van der Waals surface area contributed by atoms with E-state index >= 15 is 0 Å². The van der Waals surface area contributed by atoms with Crippen LogP contribution >= 0.6 is 23.4 Å². The topological polar surface area (TPSA) is 57.8 Å². The molecule has 2 heterocycles. The van der Waals surface area contributed by atoms with E-state index in [0.717, 1.165) is 37.2 Å².